The third-order valence-electron chi connectivity index (χ3n) is 3.26. The lowest BCUT2D eigenvalue weighted by molar-refractivity contribution is -0.144. The maximum atomic E-state index is 11.8. The molecule has 1 heterocycles. The van der Waals surface area contributed by atoms with Gasteiger partial charge in [-0.3, -0.25) is 0 Å². The molecule has 3 rings (SSSR count). The van der Waals surface area contributed by atoms with Crippen LogP contribution in [-0.4, -0.2) is 17.0 Å². The zero-order valence-corrected chi connectivity index (χ0v) is 11.6. The summed E-state index contributed by atoms with van der Waals surface area (Å²) in [5.74, 6) is -0.270. The average molecular weight is 294 g/mol. The fraction of sp³-hybridized carbons (Fsp3) is 0.0588. The highest BCUT2D eigenvalue weighted by Crippen LogP contribution is 2.26. The third-order valence-corrected chi connectivity index (χ3v) is 3.26. The molecule has 0 saturated carbocycles. The van der Waals surface area contributed by atoms with Crippen LogP contribution in [0.4, 0.5) is 0 Å². The number of para-hydroxylation sites is 1. The standard InChI is InChI=1S/C17H14N2O3/c20-16(21)17(13-7-3-1-4-8-13)18-12-11-15(19-17)22-14-9-5-2-6-10-14/h1-12,18H,(H,20,21). The summed E-state index contributed by atoms with van der Waals surface area (Å²) in [6, 6.07) is 17.9. The number of ether oxygens (including phenoxy) is 1. The Balaban J connectivity index is 1.98. The summed E-state index contributed by atoms with van der Waals surface area (Å²) in [6.07, 6.45) is 3.13. The molecule has 2 aromatic rings. The van der Waals surface area contributed by atoms with Crippen molar-refractivity contribution in [2.24, 2.45) is 4.99 Å². The number of benzene rings is 2. The van der Waals surface area contributed by atoms with Crippen LogP contribution in [0.1, 0.15) is 5.56 Å². The van der Waals surface area contributed by atoms with Gasteiger partial charge in [0, 0.05) is 17.8 Å². The number of nitrogens with zero attached hydrogens (tertiary/aromatic N) is 1. The topological polar surface area (TPSA) is 70.9 Å². The minimum Gasteiger partial charge on any atom is -0.478 e. The van der Waals surface area contributed by atoms with Crippen LogP contribution in [0.25, 0.3) is 0 Å². The van der Waals surface area contributed by atoms with E-state index in [1.165, 1.54) is 6.20 Å². The van der Waals surface area contributed by atoms with Crippen molar-refractivity contribution in [2.75, 3.05) is 0 Å². The first-order valence-electron chi connectivity index (χ1n) is 6.77. The van der Waals surface area contributed by atoms with Crippen molar-refractivity contribution in [1.82, 2.24) is 5.32 Å². The van der Waals surface area contributed by atoms with E-state index in [2.05, 4.69) is 10.3 Å². The summed E-state index contributed by atoms with van der Waals surface area (Å²) in [6.45, 7) is 0. The summed E-state index contributed by atoms with van der Waals surface area (Å²) in [5.41, 5.74) is -1.05. The van der Waals surface area contributed by atoms with Gasteiger partial charge in [0.1, 0.15) is 5.75 Å². The number of carbonyl (C=O) groups is 1. The number of hydrogen-bond acceptors (Lipinski definition) is 4. The molecule has 1 atom stereocenters. The Bertz CT molecular complexity index is 726. The van der Waals surface area contributed by atoms with Gasteiger partial charge < -0.3 is 15.2 Å². The molecule has 1 aliphatic heterocycles. The summed E-state index contributed by atoms with van der Waals surface area (Å²) < 4.78 is 5.64. The second kappa shape index (κ2) is 5.73. The lowest BCUT2D eigenvalue weighted by atomic mass is 9.99. The van der Waals surface area contributed by atoms with Crippen LogP contribution in [0.3, 0.4) is 0 Å². The van der Waals surface area contributed by atoms with Gasteiger partial charge in [0.15, 0.2) is 0 Å². The van der Waals surface area contributed by atoms with E-state index >= 15 is 0 Å². The molecule has 0 saturated heterocycles. The first-order valence-corrected chi connectivity index (χ1v) is 6.77. The Morgan fingerprint density at radius 3 is 2.32 bits per heavy atom. The van der Waals surface area contributed by atoms with Crippen molar-refractivity contribution in [3.8, 4) is 5.75 Å². The minimum atomic E-state index is -1.58. The highest BCUT2D eigenvalue weighted by atomic mass is 16.5. The zero-order chi connectivity index (χ0) is 15.4. The molecule has 5 heteroatoms. The molecule has 110 valence electrons. The van der Waals surface area contributed by atoms with Crippen LogP contribution < -0.4 is 10.1 Å². The maximum absolute atomic E-state index is 11.8. The molecule has 2 N–H and O–H groups in total. The van der Waals surface area contributed by atoms with Crippen LogP contribution in [0, 0.1) is 0 Å². The van der Waals surface area contributed by atoms with Crippen LogP contribution in [0.2, 0.25) is 0 Å². The number of hydrogen-bond donors (Lipinski definition) is 2. The highest BCUT2D eigenvalue weighted by Gasteiger charge is 2.41. The Morgan fingerprint density at radius 2 is 1.68 bits per heavy atom. The van der Waals surface area contributed by atoms with Crippen LogP contribution in [-0.2, 0) is 10.5 Å². The molecule has 0 amide bonds. The number of aliphatic carboxylic acids is 1. The second-order valence-corrected chi connectivity index (χ2v) is 4.72. The van der Waals surface area contributed by atoms with Crippen LogP contribution in [0.5, 0.6) is 5.75 Å². The van der Waals surface area contributed by atoms with Crippen LogP contribution in [0.15, 0.2) is 77.9 Å². The first-order chi connectivity index (χ1) is 10.7. The van der Waals surface area contributed by atoms with Crippen molar-refractivity contribution in [3.05, 3.63) is 78.5 Å². The zero-order valence-electron chi connectivity index (χ0n) is 11.6. The van der Waals surface area contributed by atoms with Crippen LogP contribution >= 0.6 is 0 Å². The molecule has 22 heavy (non-hydrogen) atoms. The van der Waals surface area contributed by atoms with Gasteiger partial charge in [-0.1, -0.05) is 48.5 Å². The maximum Gasteiger partial charge on any atom is 0.357 e. The minimum absolute atomic E-state index is 0.233. The fourth-order valence-corrected chi connectivity index (χ4v) is 2.19. The van der Waals surface area contributed by atoms with Gasteiger partial charge in [-0.15, -0.1) is 0 Å². The number of carboxylic acids is 1. The van der Waals surface area contributed by atoms with Gasteiger partial charge in [0.2, 0.25) is 5.90 Å². The molecule has 0 aromatic heterocycles. The van der Waals surface area contributed by atoms with Gasteiger partial charge in [0.25, 0.3) is 5.66 Å². The molecule has 1 aliphatic rings. The first kappa shape index (κ1) is 13.9. The normalized spacial score (nSPS) is 19.9. The van der Waals surface area contributed by atoms with Gasteiger partial charge in [-0.2, -0.15) is 0 Å². The number of aliphatic imine (C=N–C) groups is 1. The summed E-state index contributed by atoms with van der Waals surface area (Å²) in [5, 5.41) is 12.5. The van der Waals surface area contributed by atoms with E-state index in [1.54, 1.807) is 42.5 Å². The van der Waals surface area contributed by atoms with Crippen molar-refractivity contribution in [1.29, 1.82) is 0 Å². The quantitative estimate of drug-likeness (QED) is 0.912. The van der Waals surface area contributed by atoms with Gasteiger partial charge >= 0.3 is 5.97 Å². The van der Waals surface area contributed by atoms with E-state index in [-0.39, 0.29) is 5.90 Å². The Labute approximate surface area is 127 Å². The summed E-state index contributed by atoms with van der Waals surface area (Å²) in [7, 11) is 0. The van der Waals surface area contributed by atoms with E-state index in [0.29, 0.717) is 11.3 Å². The molecule has 0 bridgehead atoms. The van der Waals surface area contributed by atoms with E-state index in [4.69, 9.17) is 4.74 Å². The SMILES string of the molecule is O=C(O)C1(c2ccccc2)N=C(Oc2ccccc2)C=CN1. The molecular formula is C17H14N2O3. The second-order valence-electron chi connectivity index (χ2n) is 4.72. The summed E-state index contributed by atoms with van der Waals surface area (Å²) in [4.78, 5) is 16.1. The smallest absolute Gasteiger partial charge is 0.357 e. The number of rotatable bonds is 3. The number of nitrogens with one attached hydrogen (secondary N) is 1. The average Bonchev–Trinajstić information content (AvgIpc) is 2.56. The van der Waals surface area contributed by atoms with E-state index in [9.17, 15) is 9.90 Å². The van der Waals surface area contributed by atoms with Crippen molar-refractivity contribution in [2.45, 2.75) is 5.66 Å². The highest BCUT2D eigenvalue weighted by molar-refractivity contribution is 5.94. The Morgan fingerprint density at radius 1 is 1.05 bits per heavy atom. The molecular weight excluding hydrogens is 280 g/mol. The molecule has 0 fully saturated rings. The predicted molar refractivity (Wildman–Crippen MR) is 82.5 cm³/mol. The number of carboxylic acid groups (broad SMARTS) is 1. The largest absolute Gasteiger partial charge is 0.478 e. The van der Waals surface area contributed by atoms with Gasteiger partial charge in [-0.05, 0) is 12.1 Å². The van der Waals surface area contributed by atoms with Crippen molar-refractivity contribution >= 4 is 11.9 Å². The molecule has 1 unspecified atom stereocenters. The third kappa shape index (κ3) is 2.56. The Kier molecular flexibility index (Phi) is 3.62. The van der Waals surface area contributed by atoms with E-state index in [0.717, 1.165) is 0 Å². The van der Waals surface area contributed by atoms with Crippen molar-refractivity contribution < 1.29 is 14.6 Å². The van der Waals surface area contributed by atoms with Gasteiger partial charge in [0.05, 0.1) is 0 Å². The summed E-state index contributed by atoms with van der Waals surface area (Å²) >= 11 is 0. The molecule has 0 radical (unpaired) electrons. The van der Waals surface area contributed by atoms with Crippen molar-refractivity contribution in [3.63, 3.8) is 0 Å². The van der Waals surface area contributed by atoms with E-state index in [1.807, 2.05) is 24.3 Å². The lowest BCUT2D eigenvalue weighted by Crippen LogP contribution is -2.48. The monoisotopic (exact) mass is 294 g/mol. The molecule has 0 spiro atoms. The molecule has 2 aromatic carbocycles. The predicted octanol–water partition coefficient (Wildman–Crippen LogP) is 2.52. The lowest BCUT2D eigenvalue weighted by Gasteiger charge is -2.29. The Hall–Kier alpha value is -3.08. The molecule has 0 aliphatic carbocycles. The fourth-order valence-electron chi connectivity index (χ4n) is 2.19. The molecule has 5 nitrogen and oxygen atoms in total. The van der Waals surface area contributed by atoms with E-state index < -0.39 is 11.6 Å². The van der Waals surface area contributed by atoms with Gasteiger partial charge in [-0.25, -0.2) is 9.79 Å².